The van der Waals surface area contributed by atoms with E-state index in [1.165, 1.54) is 5.56 Å². The topological polar surface area (TPSA) is 64.1 Å². The fourth-order valence-electron chi connectivity index (χ4n) is 2.90. The van der Waals surface area contributed by atoms with E-state index in [2.05, 4.69) is 10.3 Å². The van der Waals surface area contributed by atoms with Crippen molar-refractivity contribution < 1.29 is 9.53 Å². The highest BCUT2D eigenvalue weighted by atomic mass is 16.5. The smallest absolute Gasteiger partial charge is 0.156 e. The third-order valence-corrected chi connectivity index (χ3v) is 4.54. The summed E-state index contributed by atoms with van der Waals surface area (Å²) in [5.74, 6) is 1.58. The summed E-state index contributed by atoms with van der Waals surface area (Å²) >= 11 is 0. The summed E-state index contributed by atoms with van der Waals surface area (Å²) in [6, 6.07) is 15.8. The van der Waals surface area contributed by atoms with Crippen LogP contribution in [-0.2, 0) is 17.6 Å². The van der Waals surface area contributed by atoms with Gasteiger partial charge in [-0.05, 0) is 43.2 Å². The molecule has 158 valence electrons. The molecule has 0 atom stereocenters. The van der Waals surface area contributed by atoms with Crippen molar-refractivity contribution in [3.63, 3.8) is 0 Å². The first-order chi connectivity index (χ1) is 14.6. The monoisotopic (exact) mass is 405 g/mol. The van der Waals surface area contributed by atoms with Gasteiger partial charge in [0.05, 0.1) is 31.2 Å². The molecule has 3 aromatic rings. The fraction of sp³-hybridized carbons (Fsp3) is 0.320. The van der Waals surface area contributed by atoms with Crippen molar-refractivity contribution in [2.45, 2.75) is 40.5 Å². The Morgan fingerprint density at radius 3 is 2.30 bits per heavy atom. The first-order valence-corrected chi connectivity index (χ1v) is 10.4. The zero-order valence-corrected chi connectivity index (χ0v) is 18.5. The zero-order chi connectivity index (χ0) is 21.9. The Morgan fingerprint density at radius 1 is 1.03 bits per heavy atom. The molecule has 3 rings (SSSR count). The number of nitrogens with zero attached hydrogens (tertiary/aromatic N) is 2. The number of methoxy groups -OCH3 is 1. The molecule has 0 saturated carbocycles. The fourth-order valence-corrected chi connectivity index (χ4v) is 2.90. The quantitative estimate of drug-likeness (QED) is 0.553. The summed E-state index contributed by atoms with van der Waals surface area (Å²) in [6.45, 7) is 8.30. The molecule has 1 heterocycles. The van der Waals surface area contributed by atoms with Crippen LogP contribution in [0, 0.1) is 6.92 Å². The van der Waals surface area contributed by atoms with Crippen LogP contribution >= 0.6 is 0 Å². The Bertz CT molecular complexity index is 936. The molecule has 1 aromatic heterocycles. The SMILES string of the molecule is CC.CCc1nc(-c2ccc(OC)cc2)cnc1NCC(=O)Cc1ccc(C)cc1. The van der Waals surface area contributed by atoms with Crippen LogP contribution in [0.15, 0.2) is 54.7 Å². The second-order valence-corrected chi connectivity index (χ2v) is 6.69. The minimum absolute atomic E-state index is 0.118. The van der Waals surface area contributed by atoms with Gasteiger partial charge >= 0.3 is 0 Å². The van der Waals surface area contributed by atoms with Gasteiger partial charge in [-0.25, -0.2) is 9.97 Å². The Kier molecular flexibility index (Phi) is 9.01. The predicted octanol–water partition coefficient (Wildman–Crippen LogP) is 5.27. The Hall–Kier alpha value is -3.21. The highest BCUT2D eigenvalue weighted by Gasteiger charge is 2.10. The molecule has 2 aromatic carbocycles. The van der Waals surface area contributed by atoms with Crippen LogP contribution in [0.25, 0.3) is 11.3 Å². The minimum atomic E-state index is 0.118. The summed E-state index contributed by atoms with van der Waals surface area (Å²) in [5, 5.41) is 3.15. The van der Waals surface area contributed by atoms with Crippen LogP contribution < -0.4 is 10.1 Å². The molecule has 0 aliphatic carbocycles. The lowest BCUT2D eigenvalue weighted by Crippen LogP contribution is -2.18. The van der Waals surface area contributed by atoms with Crippen molar-refractivity contribution in [1.82, 2.24) is 9.97 Å². The Balaban J connectivity index is 0.00000155. The second kappa shape index (κ2) is 11.7. The van der Waals surface area contributed by atoms with Crippen LogP contribution in [0.2, 0.25) is 0 Å². The van der Waals surface area contributed by atoms with E-state index in [9.17, 15) is 4.79 Å². The number of aryl methyl sites for hydroxylation is 2. The lowest BCUT2D eigenvalue weighted by Gasteiger charge is -2.11. The van der Waals surface area contributed by atoms with E-state index < -0.39 is 0 Å². The molecule has 5 nitrogen and oxygen atoms in total. The number of nitrogens with one attached hydrogen (secondary N) is 1. The average molecular weight is 406 g/mol. The molecule has 0 bridgehead atoms. The molecule has 1 N–H and O–H groups in total. The summed E-state index contributed by atoms with van der Waals surface area (Å²) in [7, 11) is 1.64. The van der Waals surface area contributed by atoms with Gasteiger partial charge in [0, 0.05) is 12.0 Å². The molecule has 0 spiro atoms. The van der Waals surface area contributed by atoms with Gasteiger partial charge in [-0.1, -0.05) is 50.6 Å². The van der Waals surface area contributed by atoms with Crippen molar-refractivity contribution in [2.75, 3.05) is 19.0 Å². The third-order valence-electron chi connectivity index (χ3n) is 4.54. The first-order valence-electron chi connectivity index (χ1n) is 10.4. The predicted molar refractivity (Wildman–Crippen MR) is 123 cm³/mol. The molecule has 0 unspecified atom stereocenters. The van der Waals surface area contributed by atoms with E-state index in [0.717, 1.165) is 34.7 Å². The van der Waals surface area contributed by atoms with E-state index in [1.807, 2.05) is 76.2 Å². The van der Waals surface area contributed by atoms with Crippen LogP contribution in [0.5, 0.6) is 5.75 Å². The molecule has 30 heavy (non-hydrogen) atoms. The summed E-state index contributed by atoms with van der Waals surface area (Å²) in [4.78, 5) is 21.5. The normalized spacial score (nSPS) is 10.0. The standard InChI is InChI=1S/C23H25N3O2.C2H6/c1-4-21-23(24-14-19(27)13-17-7-5-16(2)6-8-17)25-15-22(26-21)18-9-11-20(28-3)12-10-18;1-2/h5-12,15H,4,13-14H2,1-3H3,(H,24,25);1-2H3. The van der Waals surface area contributed by atoms with Gasteiger partial charge in [-0.3, -0.25) is 4.79 Å². The average Bonchev–Trinajstić information content (AvgIpc) is 2.80. The highest BCUT2D eigenvalue weighted by Crippen LogP contribution is 2.22. The van der Waals surface area contributed by atoms with E-state index in [0.29, 0.717) is 12.2 Å². The van der Waals surface area contributed by atoms with Gasteiger partial charge in [0.1, 0.15) is 11.6 Å². The maximum absolute atomic E-state index is 12.3. The molecule has 0 aliphatic heterocycles. The number of rotatable bonds is 8. The lowest BCUT2D eigenvalue weighted by molar-refractivity contribution is -0.116. The van der Waals surface area contributed by atoms with Gasteiger partial charge in [0.25, 0.3) is 0 Å². The van der Waals surface area contributed by atoms with Gasteiger partial charge < -0.3 is 10.1 Å². The maximum Gasteiger partial charge on any atom is 0.156 e. The summed E-state index contributed by atoms with van der Waals surface area (Å²) in [5.41, 5.74) is 4.83. The number of anilines is 1. The van der Waals surface area contributed by atoms with Gasteiger partial charge in [-0.2, -0.15) is 0 Å². The molecule has 5 heteroatoms. The van der Waals surface area contributed by atoms with Crippen molar-refractivity contribution in [2.24, 2.45) is 0 Å². The minimum Gasteiger partial charge on any atom is -0.497 e. The van der Waals surface area contributed by atoms with Gasteiger partial charge in [-0.15, -0.1) is 0 Å². The van der Waals surface area contributed by atoms with Crippen molar-refractivity contribution in [3.05, 3.63) is 71.5 Å². The number of ether oxygens (including phenoxy) is 1. The highest BCUT2D eigenvalue weighted by molar-refractivity contribution is 5.84. The first kappa shape index (κ1) is 23.1. The molecule has 0 radical (unpaired) electrons. The molecular weight excluding hydrogens is 374 g/mol. The summed E-state index contributed by atoms with van der Waals surface area (Å²) in [6.07, 6.45) is 2.87. The number of Topliss-reactive ketones (excluding diaryl/α,β-unsaturated/α-hetero) is 1. The lowest BCUT2D eigenvalue weighted by atomic mass is 10.1. The zero-order valence-electron chi connectivity index (χ0n) is 18.5. The molecule has 0 aliphatic rings. The molecular formula is C25H31N3O2. The van der Waals surface area contributed by atoms with Gasteiger partial charge in [0.2, 0.25) is 0 Å². The van der Waals surface area contributed by atoms with E-state index >= 15 is 0 Å². The van der Waals surface area contributed by atoms with Crippen molar-refractivity contribution in [3.8, 4) is 17.0 Å². The number of hydrogen-bond acceptors (Lipinski definition) is 5. The Labute approximate surface area is 179 Å². The van der Waals surface area contributed by atoms with Crippen LogP contribution in [-0.4, -0.2) is 29.4 Å². The number of carbonyl (C=O) groups excluding carboxylic acids is 1. The number of hydrogen-bond donors (Lipinski definition) is 1. The van der Waals surface area contributed by atoms with E-state index in [-0.39, 0.29) is 12.3 Å². The molecule has 0 fully saturated rings. The van der Waals surface area contributed by atoms with Crippen LogP contribution in [0.1, 0.15) is 37.6 Å². The summed E-state index contributed by atoms with van der Waals surface area (Å²) < 4.78 is 5.19. The Morgan fingerprint density at radius 2 is 1.70 bits per heavy atom. The second-order valence-electron chi connectivity index (χ2n) is 6.69. The van der Waals surface area contributed by atoms with Crippen LogP contribution in [0.4, 0.5) is 5.82 Å². The third kappa shape index (κ3) is 6.41. The van der Waals surface area contributed by atoms with E-state index in [1.54, 1.807) is 13.3 Å². The number of aromatic nitrogens is 2. The number of ketones is 1. The van der Waals surface area contributed by atoms with E-state index in [4.69, 9.17) is 9.72 Å². The maximum atomic E-state index is 12.3. The van der Waals surface area contributed by atoms with Crippen LogP contribution in [0.3, 0.4) is 0 Å². The van der Waals surface area contributed by atoms with Gasteiger partial charge in [0.15, 0.2) is 5.78 Å². The van der Waals surface area contributed by atoms with Crippen molar-refractivity contribution in [1.29, 1.82) is 0 Å². The number of carbonyl (C=O) groups is 1. The van der Waals surface area contributed by atoms with Crippen molar-refractivity contribution >= 4 is 11.6 Å². The molecule has 0 amide bonds. The molecule has 0 saturated heterocycles. The number of benzene rings is 2. The largest absolute Gasteiger partial charge is 0.497 e.